The van der Waals surface area contributed by atoms with E-state index < -0.39 is 10.8 Å². The fraction of sp³-hybridized carbons (Fsp3) is 0. The third kappa shape index (κ3) is 3.38. The van der Waals surface area contributed by atoms with Gasteiger partial charge in [0.05, 0.1) is 11.2 Å². The number of non-ortho nitro benzene ring substituents is 1. The van der Waals surface area contributed by atoms with Crippen molar-refractivity contribution in [3.8, 4) is 0 Å². The summed E-state index contributed by atoms with van der Waals surface area (Å²) in [6, 6.07) is 9.04. The molecule has 0 saturated carbocycles. The molecule has 0 aliphatic carbocycles. The van der Waals surface area contributed by atoms with Gasteiger partial charge in [-0.1, -0.05) is 0 Å². The maximum atomic E-state index is 11.9. The fourth-order valence-electron chi connectivity index (χ4n) is 1.97. The van der Waals surface area contributed by atoms with Crippen molar-refractivity contribution in [1.29, 1.82) is 0 Å². The summed E-state index contributed by atoms with van der Waals surface area (Å²) >= 11 is 0. The third-order valence-corrected chi connectivity index (χ3v) is 3.06. The molecule has 0 bridgehead atoms. The summed E-state index contributed by atoms with van der Waals surface area (Å²) in [7, 11) is 0. The van der Waals surface area contributed by atoms with Gasteiger partial charge in [0.15, 0.2) is 5.76 Å². The minimum atomic E-state index is -0.559. The highest BCUT2D eigenvalue weighted by atomic mass is 16.6. The lowest BCUT2D eigenvalue weighted by atomic mass is 10.2. The number of nitrogens with zero attached hydrogens (tertiary/aromatic N) is 2. The third-order valence-electron chi connectivity index (χ3n) is 3.06. The smallest absolute Gasteiger partial charge is 0.307 e. The van der Waals surface area contributed by atoms with Crippen LogP contribution in [0.1, 0.15) is 16.3 Å². The van der Waals surface area contributed by atoms with Gasteiger partial charge in [-0.2, -0.15) is 5.10 Å². The maximum Gasteiger partial charge on any atom is 0.307 e. The number of carbonyl (C=O) groups is 1. The zero-order chi connectivity index (χ0) is 16.9. The summed E-state index contributed by atoms with van der Waals surface area (Å²) in [5.74, 6) is 0.112. The molecule has 2 heterocycles. The molecule has 0 aliphatic rings. The van der Waals surface area contributed by atoms with Gasteiger partial charge in [-0.15, -0.1) is 0 Å². The number of furan rings is 2. The number of nitro groups is 1. The molecule has 8 nitrogen and oxygen atoms in total. The van der Waals surface area contributed by atoms with Crippen molar-refractivity contribution in [3.05, 3.63) is 70.4 Å². The van der Waals surface area contributed by atoms with Crippen LogP contribution in [0.4, 0.5) is 5.69 Å². The minimum absolute atomic E-state index is 0.0117. The number of hydrogen-bond acceptors (Lipinski definition) is 6. The number of hydrogen-bond donors (Lipinski definition) is 1. The van der Waals surface area contributed by atoms with Crippen molar-refractivity contribution in [2.45, 2.75) is 0 Å². The van der Waals surface area contributed by atoms with Crippen molar-refractivity contribution in [3.63, 3.8) is 0 Å². The van der Waals surface area contributed by atoms with Gasteiger partial charge >= 0.3 is 5.91 Å². The number of hydrazone groups is 1. The van der Waals surface area contributed by atoms with Crippen LogP contribution in [0, 0.1) is 10.1 Å². The van der Waals surface area contributed by atoms with Gasteiger partial charge in [-0.25, -0.2) is 5.43 Å². The molecule has 2 aromatic heterocycles. The van der Waals surface area contributed by atoms with Crippen molar-refractivity contribution in [2.75, 3.05) is 0 Å². The quantitative estimate of drug-likeness (QED) is 0.439. The Morgan fingerprint density at radius 3 is 2.92 bits per heavy atom. The predicted molar refractivity (Wildman–Crippen MR) is 86.6 cm³/mol. The van der Waals surface area contributed by atoms with Crippen LogP contribution in [-0.2, 0) is 0 Å². The predicted octanol–water partition coefficient (Wildman–Crippen LogP) is 3.36. The maximum absolute atomic E-state index is 11.9. The van der Waals surface area contributed by atoms with Crippen molar-refractivity contribution < 1.29 is 18.6 Å². The van der Waals surface area contributed by atoms with E-state index in [2.05, 4.69) is 10.5 Å². The Hall–Kier alpha value is -3.68. The van der Waals surface area contributed by atoms with Gasteiger partial charge in [0.25, 0.3) is 5.69 Å². The van der Waals surface area contributed by atoms with E-state index in [4.69, 9.17) is 8.83 Å². The van der Waals surface area contributed by atoms with E-state index in [-0.39, 0.29) is 11.4 Å². The lowest BCUT2D eigenvalue weighted by molar-refractivity contribution is -0.384. The first kappa shape index (κ1) is 15.2. The number of nitrogens with one attached hydrogen (secondary N) is 1. The van der Waals surface area contributed by atoms with Gasteiger partial charge in [0.1, 0.15) is 11.3 Å². The van der Waals surface area contributed by atoms with Crippen molar-refractivity contribution in [1.82, 2.24) is 5.43 Å². The van der Waals surface area contributed by atoms with Crippen LogP contribution in [0.5, 0.6) is 0 Å². The molecule has 3 rings (SSSR count). The summed E-state index contributed by atoms with van der Waals surface area (Å²) < 4.78 is 10.4. The molecule has 0 unspecified atom stereocenters. The monoisotopic (exact) mass is 325 g/mol. The van der Waals surface area contributed by atoms with Gasteiger partial charge < -0.3 is 8.83 Å². The normalized spacial score (nSPS) is 11.5. The first-order valence-electron chi connectivity index (χ1n) is 6.85. The Bertz CT molecular complexity index is 938. The number of allylic oxidation sites excluding steroid dienone is 1. The summed E-state index contributed by atoms with van der Waals surface area (Å²) in [5, 5.41) is 14.9. The molecule has 3 aromatic rings. The molecule has 0 spiro atoms. The zero-order valence-corrected chi connectivity index (χ0v) is 12.2. The second-order valence-corrected chi connectivity index (χ2v) is 4.68. The molecular weight excluding hydrogens is 314 g/mol. The molecule has 0 aliphatic heterocycles. The first-order chi connectivity index (χ1) is 11.6. The van der Waals surface area contributed by atoms with E-state index >= 15 is 0 Å². The highest BCUT2D eigenvalue weighted by Gasteiger charge is 2.14. The van der Waals surface area contributed by atoms with Crippen LogP contribution < -0.4 is 5.43 Å². The van der Waals surface area contributed by atoms with Crippen molar-refractivity contribution >= 4 is 34.9 Å². The Balaban J connectivity index is 1.66. The second kappa shape index (κ2) is 6.61. The van der Waals surface area contributed by atoms with Gasteiger partial charge in [0.2, 0.25) is 0 Å². The topological polar surface area (TPSA) is 111 Å². The molecule has 1 aromatic carbocycles. The number of fused-ring (bicyclic) bond motifs is 1. The van der Waals surface area contributed by atoms with E-state index in [0.717, 1.165) is 0 Å². The van der Waals surface area contributed by atoms with Crippen LogP contribution >= 0.6 is 0 Å². The Morgan fingerprint density at radius 2 is 2.17 bits per heavy atom. The number of benzene rings is 1. The largest absolute Gasteiger partial charge is 0.465 e. The lowest BCUT2D eigenvalue weighted by Crippen LogP contribution is -2.16. The molecule has 24 heavy (non-hydrogen) atoms. The van der Waals surface area contributed by atoms with Gasteiger partial charge in [-0.05, 0) is 36.4 Å². The molecule has 120 valence electrons. The van der Waals surface area contributed by atoms with E-state index in [1.54, 1.807) is 30.5 Å². The van der Waals surface area contributed by atoms with E-state index in [1.807, 2.05) is 0 Å². The lowest BCUT2D eigenvalue weighted by Gasteiger charge is -1.93. The summed E-state index contributed by atoms with van der Waals surface area (Å²) in [5.41, 5.74) is 2.61. The number of nitro benzene ring substituents is 1. The van der Waals surface area contributed by atoms with Crippen LogP contribution in [0.2, 0.25) is 0 Å². The first-order valence-corrected chi connectivity index (χ1v) is 6.85. The Morgan fingerprint density at radius 1 is 1.29 bits per heavy atom. The highest BCUT2D eigenvalue weighted by Crippen LogP contribution is 2.24. The van der Waals surface area contributed by atoms with Crippen LogP contribution in [0.15, 0.2) is 62.7 Å². The molecule has 0 atom stereocenters. The number of carbonyl (C=O) groups excluding carboxylic acids is 1. The molecule has 1 amide bonds. The number of rotatable bonds is 5. The molecule has 0 radical (unpaired) electrons. The van der Waals surface area contributed by atoms with E-state index in [9.17, 15) is 14.9 Å². The molecule has 0 saturated heterocycles. The van der Waals surface area contributed by atoms with Crippen molar-refractivity contribution in [2.24, 2.45) is 5.10 Å². The standard InChI is InChI=1S/C16H11N3O5/c20-16(18-17-7-1-3-13-4-2-8-23-13)15-10-11-9-12(19(21)22)5-6-14(11)24-15/h1-10H,(H,18,20)/b3-1+,17-7+. The van der Waals surface area contributed by atoms with Gasteiger partial charge in [0, 0.05) is 23.7 Å². The molecular formula is C16H11N3O5. The van der Waals surface area contributed by atoms with Crippen LogP contribution in [0.25, 0.3) is 17.0 Å². The Kier molecular flexibility index (Phi) is 4.19. The average Bonchev–Trinajstić information content (AvgIpc) is 3.22. The van der Waals surface area contributed by atoms with Crippen LogP contribution in [0.3, 0.4) is 0 Å². The van der Waals surface area contributed by atoms with Gasteiger partial charge in [-0.3, -0.25) is 14.9 Å². The Labute approximate surface area is 135 Å². The second-order valence-electron chi connectivity index (χ2n) is 4.68. The zero-order valence-electron chi connectivity index (χ0n) is 12.2. The minimum Gasteiger partial charge on any atom is -0.465 e. The SMILES string of the molecule is O=C(N/N=C/C=C/c1ccco1)c1cc2cc([N+](=O)[O-])ccc2o1. The summed E-state index contributed by atoms with van der Waals surface area (Å²) in [6.07, 6.45) is 6.20. The molecule has 8 heteroatoms. The number of amides is 1. The van der Waals surface area contributed by atoms with Crippen LogP contribution in [-0.4, -0.2) is 17.0 Å². The average molecular weight is 325 g/mol. The fourth-order valence-corrected chi connectivity index (χ4v) is 1.97. The molecule has 0 fully saturated rings. The highest BCUT2D eigenvalue weighted by molar-refractivity contribution is 5.96. The van der Waals surface area contributed by atoms with E-state index in [0.29, 0.717) is 16.7 Å². The summed E-state index contributed by atoms with van der Waals surface area (Å²) in [4.78, 5) is 22.2. The van der Waals surface area contributed by atoms with E-state index in [1.165, 1.54) is 30.5 Å². The summed E-state index contributed by atoms with van der Waals surface area (Å²) in [6.45, 7) is 0. The molecule has 1 N–H and O–H groups in total.